The average Bonchev–Trinajstić information content (AvgIpc) is 2.67. The van der Waals surface area contributed by atoms with Crippen molar-refractivity contribution in [3.8, 4) is 0 Å². The molecule has 1 rings (SSSR count). The number of amides is 1. The van der Waals surface area contributed by atoms with Gasteiger partial charge < -0.3 is 10.0 Å². The Balaban J connectivity index is 2.69. The van der Waals surface area contributed by atoms with Gasteiger partial charge in [0.05, 0.1) is 0 Å². The van der Waals surface area contributed by atoms with E-state index in [0.717, 1.165) is 17.9 Å². The highest BCUT2D eigenvalue weighted by Gasteiger charge is 2.34. The summed E-state index contributed by atoms with van der Waals surface area (Å²) in [6.45, 7) is 3.65. The molecule has 92 valence electrons. The van der Waals surface area contributed by atoms with Gasteiger partial charge in [-0.25, -0.2) is 4.79 Å². The molecule has 1 N–H and O–H groups in total. The zero-order chi connectivity index (χ0) is 12.3. The number of likely N-dealkylation sites (N-methyl/N-ethyl adjacent to an activating group) is 1. The second-order valence-corrected chi connectivity index (χ2v) is 5.69. The SMILES string of the molecule is CC(C)C(C(=O)O)N(C)C(=O)C1CCSC1. The van der Waals surface area contributed by atoms with Crippen LogP contribution in [0, 0.1) is 11.8 Å². The molecule has 0 spiro atoms. The fourth-order valence-corrected chi connectivity index (χ4v) is 3.26. The average molecular weight is 245 g/mol. The highest BCUT2D eigenvalue weighted by atomic mass is 32.2. The number of carbonyl (C=O) groups is 2. The summed E-state index contributed by atoms with van der Waals surface area (Å²) in [5, 5.41) is 9.11. The lowest BCUT2D eigenvalue weighted by molar-refractivity contribution is -0.152. The molecule has 4 nitrogen and oxygen atoms in total. The number of hydrogen-bond donors (Lipinski definition) is 1. The van der Waals surface area contributed by atoms with Crippen LogP contribution in [-0.4, -0.2) is 46.5 Å². The molecule has 1 saturated heterocycles. The smallest absolute Gasteiger partial charge is 0.326 e. The second-order valence-electron chi connectivity index (χ2n) is 4.54. The number of carboxylic acid groups (broad SMARTS) is 1. The van der Waals surface area contributed by atoms with E-state index in [-0.39, 0.29) is 17.7 Å². The van der Waals surface area contributed by atoms with E-state index in [0.29, 0.717) is 0 Å². The predicted octanol–water partition coefficient (Wildman–Crippen LogP) is 1.31. The van der Waals surface area contributed by atoms with E-state index in [1.165, 1.54) is 4.90 Å². The normalized spacial score (nSPS) is 22.1. The Kier molecular flexibility index (Phi) is 4.65. The summed E-state index contributed by atoms with van der Waals surface area (Å²) in [7, 11) is 1.60. The Hall–Kier alpha value is -0.710. The third-order valence-electron chi connectivity index (χ3n) is 2.93. The van der Waals surface area contributed by atoms with Gasteiger partial charge in [0.1, 0.15) is 6.04 Å². The minimum absolute atomic E-state index is 0.00981. The summed E-state index contributed by atoms with van der Waals surface area (Å²) in [6.07, 6.45) is 0.873. The maximum absolute atomic E-state index is 12.0. The molecule has 1 aliphatic rings. The number of thioether (sulfide) groups is 1. The van der Waals surface area contributed by atoms with Crippen LogP contribution < -0.4 is 0 Å². The van der Waals surface area contributed by atoms with E-state index in [9.17, 15) is 9.59 Å². The molecular formula is C11H19NO3S. The number of carboxylic acids is 1. The van der Waals surface area contributed by atoms with Gasteiger partial charge in [-0.3, -0.25) is 4.79 Å². The molecule has 1 fully saturated rings. The zero-order valence-electron chi connectivity index (χ0n) is 9.97. The zero-order valence-corrected chi connectivity index (χ0v) is 10.8. The third kappa shape index (κ3) is 2.90. The maximum Gasteiger partial charge on any atom is 0.326 e. The Labute approximate surface area is 100 Å². The summed E-state index contributed by atoms with van der Waals surface area (Å²) in [4.78, 5) is 24.6. The molecular weight excluding hydrogens is 226 g/mol. The van der Waals surface area contributed by atoms with Crippen LogP contribution in [0.1, 0.15) is 20.3 Å². The largest absolute Gasteiger partial charge is 0.480 e. The van der Waals surface area contributed by atoms with Crippen molar-refractivity contribution in [3.63, 3.8) is 0 Å². The molecule has 0 aromatic heterocycles. The summed E-state index contributed by atoms with van der Waals surface area (Å²) in [5.74, 6) is 0.829. The Morgan fingerprint density at radius 2 is 2.06 bits per heavy atom. The van der Waals surface area contributed by atoms with Crippen LogP contribution in [0.25, 0.3) is 0 Å². The van der Waals surface area contributed by atoms with Crippen molar-refractivity contribution in [2.24, 2.45) is 11.8 Å². The number of carbonyl (C=O) groups excluding carboxylic acids is 1. The molecule has 1 heterocycles. The lowest BCUT2D eigenvalue weighted by Gasteiger charge is -2.29. The summed E-state index contributed by atoms with van der Waals surface area (Å²) < 4.78 is 0. The molecule has 0 aromatic carbocycles. The van der Waals surface area contributed by atoms with Crippen LogP contribution >= 0.6 is 11.8 Å². The van der Waals surface area contributed by atoms with Crippen molar-refractivity contribution in [1.29, 1.82) is 0 Å². The van der Waals surface area contributed by atoms with Gasteiger partial charge >= 0.3 is 5.97 Å². The minimum atomic E-state index is -0.920. The first kappa shape index (κ1) is 13.4. The fraction of sp³-hybridized carbons (Fsp3) is 0.818. The first-order chi connectivity index (χ1) is 7.45. The van der Waals surface area contributed by atoms with Crippen molar-refractivity contribution in [2.45, 2.75) is 26.3 Å². The molecule has 2 atom stereocenters. The monoisotopic (exact) mass is 245 g/mol. The van der Waals surface area contributed by atoms with Crippen LogP contribution in [0.3, 0.4) is 0 Å². The Bertz CT molecular complexity index is 274. The van der Waals surface area contributed by atoms with Crippen molar-refractivity contribution in [2.75, 3.05) is 18.6 Å². The second kappa shape index (κ2) is 5.57. The van der Waals surface area contributed by atoms with Gasteiger partial charge in [-0.1, -0.05) is 13.8 Å². The topological polar surface area (TPSA) is 57.6 Å². The highest BCUT2D eigenvalue weighted by molar-refractivity contribution is 7.99. The van der Waals surface area contributed by atoms with Gasteiger partial charge in [0.2, 0.25) is 5.91 Å². The van der Waals surface area contributed by atoms with Crippen LogP contribution in [-0.2, 0) is 9.59 Å². The van der Waals surface area contributed by atoms with Crippen LogP contribution in [0.15, 0.2) is 0 Å². The van der Waals surface area contributed by atoms with Gasteiger partial charge in [-0.15, -0.1) is 0 Å². The lowest BCUT2D eigenvalue weighted by Crippen LogP contribution is -2.47. The highest BCUT2D eigenvalue weighted by Crippen LogP contribution is 2.26. The first-order valence-electron chi connectivity index (χ1n) is 5.52. The molecule has 0 bridgehead atoms. The van der Waals surface area contributed by atoms with Gasteiger partial charge in [0, 0.05) is 18.7 Å². The van der Waals surface area contributed by atoms with E-state index in [1.807, 2.05) is 13.8 Å². The van der Waals surface area contributed by atoms with Crippen LogP contribution in [0.4, 0.5) is 0 Å². The Morgan fingerprint density at radius 1 is 1.44 bits per heavy atom. The van der Waals surface area contributed by atoms with Crippen LogP contribution in [0.5, 0.6) is 0 Å². The quantitative estimate of drug-likeness (QED) is 0.811. The molecule has 0 aromatic rings. The molecule has 16 heavy (non-hydrogen) atoms. The fourth-order valence-electron chi connectivity index (χ4n) is 2.05. The summed E-state index contributed by atoms with van der Waals surface area (Å²) in [5.41, 5.74) is 0. The number of aliphatic carboxylic acids is 1. The number of nitrogens with zero attached hydrogens (tertiary/aromatic N) is 1. The molecule has 0 aliphatic carbocycles. The number of hydrogen-bond acceptors (Lipinski definition) is 3. The van der Waals surface area contributed by atoms with Crippen molar-refractivity contribution in [3.05, 3.63) is 0 Å². The number of rotatable bonds is 4. The van der Waals surface area contributed by atoms with Gasteiger partial charge in [-0.2, -0.15) is 11.8 Å². The van der Waals surface area contributed by atoms with Crippen molar-refractivity contribution >= 4 is 23.6 Å². The van der Waals surface area contributed by atoms with E-state index in [4.69, 9.17) is 5.11 Å². The first-order valence-corrected chi connectivity index (χ1v) is 6.67. The van der Waals surface area contributed by atoms with E-state index in [1.54, 1.807) is 18.8 Å². The molecule has 1 aliphatic heterocycles. The van der Waals surface area contributed by atoms with Crippen LogP contribution in [0.2, 0.25) is 0 Å². The standard InChI is InChI=1S/C11H19NO3S/c1-7(2)9(11(14)15)12(3)10(13)8-4-5-16-6-8/h7-9H,4-6H2,1-3H3,(H,14,15). The van der Waals surface area contributed by atoms with E-state index >= 15 is 0 Å². The molecule has 1 amide bonds. The summed E-state index contributed by atoms with van der Waals surface area (Å²) in [6, 6.07) is -0.710. The van der Waals surface area contributed by atoms with Crippen molar-refractivity contribution < 1.29 is 14.7 Å². The third-order valence-corrected chi connectivity index (χ3v) is 4.09. The Morgan fingerprint density at radius 3 is 2.44 bits per heavy atom. The molecule has 0 radical (unpaired) electrons. The van der Waals surface area contributed by atoms with Gasteiger partial charge in [0.25, 0.3) is 0 Å². The lowest BCUT2D eigenvalue weighted by atomic mass is 10.0. The minimum Gasteiger partial charge on any atom is -0.480 e. The summed E-state index contributed by atoms with van der Waals surface area (Å²) >= 11 is 1.76. The molecule has 5 heteroatoms. The van der Waals surface area contributed by atoms with E-state index < -0.39 is 12.0 Å². The molecule has 0 saturated carbocycles. The molecule has 2 unspecified atom stereocenters. The maximum atomic E-state index is 12.0. The predicted molar refractivity (Wildman–Crippen MR) is 64.5 cm³/mol. The van der Waals surface area contributed by atoms with Gasteiger partial charge in [-0.05, 0) is 18.1 Å². The van der Waals surface area contributed by atoms with Crippen molar-refractivity contribution in [1.82, 2.24) is 4.90 Å². The van der Waals surface area contributed by atoms with Gasteiger partial charge in [0.15, 0.2) is 0 Å². The van der Waals surface area contributed by atoms with E-state index in [2.05, 4.69) is 0 Å².